The molecule has 0 heterocycles. The summed E-state index contributed by atoms with van der Waals surface area (Å²) in [4.78, 5) is 49.1. The highest BCUT2D eigenvalue weighted by atomic mass is 16.6. The fraction of sp³-hybridized carbons (Fsp3) is 0.211. The van der Waals surface area contributed by atoms with Crippen molar-refractivity contribution in [3.63, 3.8) is 0 Å². The van der Waals surface area contributed by atoms with E-state index in [2.05, 4.69) is 21.1 Å². The number of benzene rings is 4. The van der Waals surface area contributed by atoms with Crippen molar-refractivity contribution in [3.05, 3.63) is 119 Å². The predicted octanol–water partition coefficient (Wildman–Crippen LogP) is 6.08. The zero-order valence-electron chi connectivity index (χ0n) is 27.8. The number of nitrogens with zero attached hydrogens (tertiary/aromatic N) is 2. The largest absolute Gasteiger partial charge is 0.493 e. The summed E-state index contributed by atoms with van der Waals surface area (Å²) in [5.74, 6) is -0.236. The summed E-state index contributed by atoms with van der Waals surface area (Å²) in [7, 11) is 2.93. The van der Waals surface area contributed by atoms with Gasteiger partial charge in [0.2, 0.25) is 11.8 Å². The lowest BCUT2D eigenvalue weighted by molar-refractivity contribution is -0.122. The average Bonchev–Trinajstić information content (AvgIpc) is 3.14. The highest BCUT2D eigenvalue weighted by molar-refractivity contribution is 5.92. The van der Waals surface area contributed by atoms with Crippen LogP contribution in [0.2, 0.25) is 0 Å². The van der Waals surface area contributed by atoms with Gasteiger partial charge in [-0.25, -0.2) is 20.4 Å². The maximum atomic E-state index is 12.4. The number of amides is 2. The van der Waals surface area contributed by atoms with Crippen LogP contribution in [-0.2, 0) is 9.59 Å². The van der Waals surface area contributed by atoms with Crippen molar-refractivity contribution >= 4 is 36.2 Å². The number of hydrazone groups is 2. The summed E-state index contributed by atoms with van der Waals surface area (Å²) in [6, 6.07) is 27.1. The second-order valence-electron chi connectivity index (χ2n) is 10.8. The highest BCUT2D eigenvalue weighted by Gasteiger charge is 2.14. The number of methoxy groups -OCH3 is 2. The van der Waals surface area contributed by atoms with Crippen LogP contribution in [0.15, 0.2) is 107 Å². The summed E-state index contributed by atoms with van der Waals surface area (Å²) in [5.41, 5.74) is 7.13. The second kappa shape index (κ2) is 19.5. The number of hydrogen-bond donors (Lipinski definition) is 2. The van der Waals surface area contributed by atoms with Crippen LogP contribution in [-0.4, -0.2) is 50.4 Å². The van der Waals surface area contributed by atoms with Gasteiger partial charge in [0.1, 0.15) is 0 Å². The van der Waals surface area contributed by atoms with E-state index in [-0.39, 0.29) is 23.3 Å². The third-order valence-electron chi connectivity index (χ3n) is 7.16. The molecule has 50 heavy (non-hydrogen) atoms. The lowest BCUT2D eigenvalue weighted by Crippen LogP contribution is -2.17. The van der Waals surface area contributed by atoms with Crippen molar-refractivity contribution in [1.82, 2.24) is 10.9 Å². The van der Waals surface area contributed by atoms with Crippen molar-refractivity contribution < 1.29 is 38.1 Å². The fourth-order valence-electron chi connectivity index (χ4n) is 4.56. The van der Waals surface area contributed by atoms with Crippen LogP contribution < -0.4 is 29.8 Å². The smallest absolute Gasteiger partial charge is 0.343 e. The summed E-state index contributed by atoms with van der Waals surface area (Å²) in [5, 5.41) is 8.00. The second-order valence-corrected chi connectivity index (χ2v) is 10.8. The molecule has 4 aromatic carbocycles. The lowest BCUT2D eigenvalue weighted by Gasteiger charge is -2.10. The van der Waals surface area contributed by atoms with Gasteiger partial charge in [-0.1, -0.05) is 49.2 Å². The Hall–Kier alpha value is -6.30. The molecule has 12 nitrogen and oxygen atoms in total. The number of hydrogen-bond acceptors (Lipinski definition) is 10. The summed E-state index contributed by atoms with van der Waals surface area (Å²) in [6.45, 7) is 0. The van der Waals surface area contributed by atoms with Crippen molar-refractivity contribution in [2.45, 2.75) is 38.5 Å². The highest BCUT2D eigenvalue weighted by Crippen LogP contribution is 2.29. The first-order chi connectivity index (χ1) is 24.4. The first kappa shape index (κ1) is 36.5. The zero-order chi connectivity index (χ0) is 35.6. The predicted molar refractivity (Wildman–Crippen MR) is 188 cm³/mol. The first-order valence-corrected chi connectivity index (χ1v) is 15.9. The molecule has 0 aliphatic carbocycles. The van der Waals surface area contributed by atoms with E-state index in [0.717, 1.165) is 12.8 Å². The Morgan fingerprint density at radius 2 is 0.940 bits per heavy atom. The molecule has 0 atom stereocenters. The van der Waals surface area contributed by atoms with E-state index in [0.29, 0.717) is 59.4 Å². The number of rotatable bonds is 17. The molecule has 0 aromatic heterocycles. The van der Waals surface area contributed by atoms with Crippen LogP contribution in [0.25, 0.3) is 0 Å². The maximum absolute atomic E-state index is 12.4. The monoisotopic (exact) mass is 678 g/mol. The van der Waals surface area contributed by atoms with E-state index in [1.54, 1.807) is 84.9 Å². The third kappa shape index (κ3) is 11.7. The SMILES string of the molecule is COc1cc(/C=N\NC(=O)CCCCCCC(=O)N/N=C\c2ccc(OC(=O)c3ccccc3)c(OC)c2)ccc1OC(=O)c1ccccc1. The van der Waals surface area contributed by atoms with Crippen molar-refractivity contribution in [2.24, 2.45) is 10.2 Å². The number of unbranched alkanes of at least 4 members (excludes halogenated alkanes) is 3. The van der Waals surface area contributed by atoms with E-state index in [4.69, 9.17) is 18.9 Å². The van der Waals surface area contributed by atoms with Crippen molar-refractivity contribution in [2.75, 3.05) is 14.2 Å². The molecule has 4 aromatic rings. The van der Waals surface area contributed by atoms with Gasteiger partial charge < -0.3 is 18.9 Å². The quantitative estimate of drug-likeness (QED) is 0.0448. The van der Waals surface area contributed by atoms with Crippen LogP contribution in [0.5, 0.6) is 23.0 Å². The molecule has 2 N–H and O–H groups in total. The van der Waals surface area contributed by atoms with Gasteiger partial charge in [-0.2, -0.15) is 10.2 Å². The number of carbonyl (C=O) groups excluding carboxylic acids is 4. The number of nitrogens with one attached hydrogen (secondary N) is 2. The molecule has 0 aliphatic heterocycles. The van der Waals surface area contributed by atoms with Crippen LogP contribution in [0.1, 0.15) is 70.4 Å². The van der Waals surface area contributed by atoms with Gasteiger partial charge in [-0.3, -0.25) is 9.59 Å². The van der Waals surface area contributed by atoms with E-state index in [1.165, 1.54) is 26.6 Å². The van der Waals surface area contributed by atoms with Crippen LogP contribution in [0.4, 0.5) is 0 Å². The maximum Gasteiger partial charge on any atom is 0.343 e. The topological polar surface area (TPSA) is 154 Å². The Kier molecular flexibility index (Phi) is 14.3. The number of ether oxygens (including phenoxy) is 4. The minimum absolute atomic E-state index is 0.229. The molecule has 0 spiro atoms. The van der Waals surface area contributed by atoms with Crippen LogP contribution in [0.3, 0.4) is 0 Å². The Labute approximate surface area is 290 Å². The summed E-state index contributed by atoms with van der Waals surface area (Å²) in [6.07, 6.45) is 6.37. The number of carbonyl (C=O) groups is 4. The number of esters is 2. The lowest BCUT2D eigenvalue weighted by atomic mass is 10.1. The van der Waals surface area contributed by atoms with Crippen LogP contribution in [0, 0.1) is 0 Å². The normalized spacial score (nSPS) is 10.8. The van der Waals surface area contributed by atoms with Gasteiger partial charge >= 0.3 is 11.9 Å². The standard InChI is InChI=1S/C38H38N4O8/c1-47-33-23-27(19-21-31(33)49-37(45)29-13-7-5-8-14-29)25-39-41-35(43)17-11-3-4-12-18-36(44)42-40-26-28-20-22-32(34(24-28)48-2)50-38(46)30-15-9-6-10-16-30/h5-10,13-16,19-26H,3-4,11-12,17-18H2,1-2H3,(H,41,43)(H,42,44)/b39-25-,40-26-. The molecule has 0 saturated heterocycles. The molecular weight excluding hydrogens is 640 g/mol. The van der Waals surface area contributed by atoms with Gasteiger partial charge in [-0.15, -0.1) is 0 Å². The Balaban J connectivity index is 1.09. The first-order valence-electron chi connectivity index (χ1n) is 15.9. The summed E-state index contributed by atoms with van der Waals surface area (Å²) < 4.78 is 21.6. The average molecular weight is 679 g/mol. The Bertz CT molecular complexity index is 1680. The van der Waals surface area contributed by atoms with E-state index < -0.39 is 11.9 Å². The molecule has 0 saturated carbocycles. The van der Waals surface area contributed by atoms with E-state index in [9.17, 15) is 19.2 Å². The minimum Gasteiger partial charge on any atom is -0.493 e. The summed E-state index contributed by atoms with van der Waals surface area (Å²) >= 11 is 0. The van der Waals surface area contributed by atoms with E-state index >= 15 is 0 Å². The van der Waals surface area contributed by atoms with Gasteiger partial charge in [0, 0.05) is 12.8 Å². The minimum atomic E-state index is -0.502. The zero-order valence-corrected chi connectivity index (χ0v) is 27.8. The molecular formula is C38H38N4O8. The van der Waals surface area contributed by atoms with Gasteiger partial charge in [0.05, 0.1) is 37.8 Å². The fourth-order valence-corrected chi connectivity index (χ4v) is 4.56. The van der Waals surface area contributed by atoms with Gasteiger partial charge in [0.15, 0.2) is 23.0 Å². The molecule has 2 amide bonds. The molecule has 0 bridgehead atoms. The van der Waals surface area contributed by atoms with Crippen LogP contribution >= 0.6 is 0 Å². The molecule has 0 fully saturated rings. The van der Waals surface area contributed by atoms with E-state index in [1.807, 2.05) is 12.1 Å². The molecule has 0 radical (unpaired) electrons. The third-order valence-corrected chi connectivity index (χ3v) is 7.16. The van der Waals surface area contributed by atoms with Crippen molar-refractivity contribution in [1.29, 1.82) is 0 Å². The molecule has 0 aliphatic rings. The Morgan fingerprint density at radius 3 is 1.32 bits per heavy atom. The Morgan fingerprint density at radius 1 is 0.540 bits per heavy atom. The molecule has 0 unspecified atom stereocenters. The molecule has 258 valence electrons. The van der Waals surface area contributed by atoms with Gasteiger partial charge in [-0.05, 0) is 84.6 Å². The molecule has 4 rings (SSSR count). The molecule has 12 heteroatoms. The van der Waals surface area contributed by atoms with Crippen molar-refractivity contribution in [3.8, 4) is 23.0 Å². The van der Waals surface area contributed by atoms with Gasteiger partial charge in [0.25, 0.3) is 0 Å².